The van der Waals surface area contributed by atoms with Crippen molar-refractivity contribution < 1.29 is 14.3 Å². The number of hydrogen-bond acceptors (Lipinski definition) is 5. The van der Waals surface area contributed by atoms with Gasteiger partial charge < -0.3 is 14.4 Å². The number of amides is 1. The molecule has 26 heavy (non-hydrogen) atoms. The highest BCUT2D eigenvalue weighted by Crippen LogP contribution is 2.33. The highest BCUT2D eigenvalue weighted by Gasteiger charge is 2.20. The number of ether oxygens (including phenoxy) is 2. The zero-order valence-corrected chi connectivity index (χ0v) is 17.4. The molecule has 2 aromatic rings. The lowest BCUT2D eigenvalue weighted by atomic mass is 10.1. The standard InChI is InChI=1S/C20H28N2O3S/c1-12(2)22(13(3)4)19(23)11-26-20-14(5)8-15-9-17(24-6)18(25-7)10-16(15)21-20/h8-10,12-13H,11H2,1-7H3. The second-order valence-electron chi connectivity index (χ2n) is 6.79. The summed E-state index contributed by atoms with van der Waals surface area (Å²) in [6.45, 7) is 10.2. The van der Waals surface area contributed by atoms with E-state index in [0.717, 1.165) is 21.5 Å². The fraction of sp³-hybridized carbons (Fsp3) is 0.500. The van der Waals surface area contributed by atoms with Crippen molar-refractivity contribution in [3.63, 3.8) is 0 Å². The third kappa shape index (κ3) is 4.41. The van der Waals surface area contributed by atoms with Gasteiger partial charge in [0.15, 0.2) is 11.5 Å². The molecular weight excluding hydrogens is 348 g/mol. The maximum atomic E-state index is 12.6. The van der Waals surface area contributed by atoms with E-state index >= 15 is 0 Å². The number of thioether (sulfide) groups is 1. The Balaban J connectivity index is 2.27. The van der Waals surface area contributed by atoms with Gasteiger partial charge in [-0.1, -0.05) is 11.8 Å². The zero-order chi connectivity index (χ0) is 19.4. The summed E-state index contributed by atoms with van der Waals surface area (Å²) in [6, 6.07) is 6.23. The van der Waals surface area contributed by atoms with E-state index in [1.54, 1.807) is 14.2 Å². The third-order valence-electron chi connectivity index (χ3n) is 4.20. The Bertz CT molecular complexity index is 782. The number of carbonyl (C=O) groups excluding carboxylic acids is 1. The van der Waals surface area contributed by atoms with Crippen LogP contribution >= 0.6 is 11.8 Å². The Morgan fingerprint density at radius 1 is 1.08 bits per heavy atom. The SMILES string of the molecule is COc1cc2cc(C)c(SCC(=O)N(C(C)C)C(C)C)nc2cc1OC. The molecule has 1 aromatic heterocycles. The van der Waals surface area contributed by atoms with Crippen LogP contribution < -0.4 is 9.47 Å². The quantitative estimate of drug-likeness (QED) is 0.675. The number of aromatic nitrogens is 1. The van der Waals surface area contributed by atoms with Gasteiger partial charge in [-0.25, -0.2) is 4.98 Å². The summed E-state index contributed by atoms with van der Waals surface area (Å²) < 4.78 is 10.7. The molecule has 142 valence electrons. The molecule has 0 fully saturated rings. The summed E-state index contributed by atoms with van der Waals surface area (Å²) >= 11 is 1.48. The van der Waals surface area contributed by atoms with Crippen LogP contribution in [0.5, 0.6) is 11.5 Å². The van der Waals surface area contributed by atoms with Crippen molar-refractivity contribution in [1.82, 2.24) is 9.88 Å². The summed E-state index contributed by atoms with van der Waals surface area (Å²) in [5.41, 5.74) is 1.87. The molecule has 0 aliphatic heterocycles. The molecule has 0 bridgehead atoms. The van der Waals surface area contributed by atoms with Gasteiger partial charge in [0.2, 0.25) is 5.91 Å². The number of hydrogen-bond donors (Lipinski definition) is 0. The summed E-state index contributed by atoms with van der Waals surface area (Å²) in [7, 11) is 3.23. The Hall–Kier alpha value is -1.95. The van der Waals surface area contributed by atoms with Crippen molar-refractivity contribution in [3.05, 3.63) is 23.8 Å². The van der Waals surface area contributed by atoms with Crippen molar-refractivity contribution in [3.8, 4) is 11.5 Å². The second kappa shape index (κ2) is 8.62. The molecule has 6 heteroatoms. The number of rotatable bonds is 7. The van der Waals surface area contributed by atoms with Crippen molar-refractivity contribution in [2.45, 2.75) is 51.7 Å². The van der Waals surface area contributed by atoms with Crippen LogP contribution in [-0.2, 0) is 4.79 Å². The summed E-state index contributed by atoms with van der Waals surface area (Å²) in [4.78, 5) is 19.2. The highest BCUT2D eigenvalue weighted by atomic mass is 32.2. The molecule has 0 saturated carbocycles. The molecule has 0 unspecified atom stereocenters. The predicted molar refractivity (Wildman–Crippen MR) is 107 cm³/mol. The van der Waals surface area contributed by atoms with Crippen molar-refractivity contribution in [2.24, 2.45) is 0 Å². The van der Waals surface area contributed by atoms with Crippen LogP contribution in [0.1, 0.15) is 33.3 Å². The van der Waals surface area contributed by atoms with Crippen LogP contribution in [0.25, 0.3) is 10.9 Å². The van der Waals surface area contributed by atoms with Gasteiger partial charge in [-0.15, -0.1) is 0 Å². The number of pyridine rings is 1. The lowest BCUT2D eigenvalue weighted by Crippen LogP contribution is -2.43. The second-order valence-corrected chi connectivity index (χ2v) is 7.75. The van der Waals surface area contributed by atoms with Gasteiger partial charge in [0.1, 0.15) is 5.03 Å². The number of benzene rings is 1. The van der Waals surface area contributed by atoms with E-state index < -0.39 is 0 Å². The zero-order valence-electron chi connectivity index (χ0n) is 16.6. The molecular formula is C20H28N2O3S. The van der Waals surface area contributed by atoms with E-state index in [0.29, 0.717) is 17.3 Å². The van der Waals surface area contributed by atoms with E-state index in [1.807, 2.05) is 51.7 Å². The summed E-state index contributed by atoms with van der Waals surface area (Å²) in [6.07, 6.45) is 0. The largest absolute Gasteiger partial charge is 0.493 e. The molecule has 1 aromatic carbocycles. The number of fused-ring (bicyclic) bond motifs is 1. The highest BCUT2D eigenvalue weighted by molar-refractivity contribution is 7.99. The van der Waals surface area contributed by atoms with E-state index in [2.05, 4.69) is 6.07 Å². The van der Waals surface area contributed by atoms with Gasteiger partial charge in [-0.3, -0.25) is 4.79 Å². The van der Waals surface area contributed by atoms with E-state index in [4.69, 9.17) is 14.5 Å². The predicted octanol–water partition coefficient (Wildman–Crippen LogP) is 4.30. The van der Waals surface area contributed by atoms with Gasteiger partial charge >= 0.3 is 0 Å². The van der Waals surface area contributed by atoms with Crippen LogP contribution in [0.3, 0.4) is 0 Å². The molecule has 0 spiro atoms. The van der Waals surface area contributed by atoms with E-state index in [-0.39, 0.29) is 18.0 Å². The van der Waals surface area contributed by atoms with Gasteiger partial charge in [0.25, 0.3) is 0 Å². The number of nitrogens with zero attached hydrogens (tertiary/aromatic N) is 2. The first-order chi connectivity index (χ1) is 12.3. The van der Waals surface area contributed by atoms with Crippen molar-refractivity contribution in [1.29, 1.82) is 0 Å². The molecule has 0 N–H and O–H groups in total. The van der Waals surface area contributed by atoms with Crippen LogP contribution in [0.2, 0.25) is 0 Å². The van der Waals surface area contributed by atoms with E-state index in [1.165, 1.54) is 11.8 Å². The first kappa shape index (κ1) is 20.4. The molecule has 0 aliphatic carbocycles. The minimum Gasteiger partial charge on any atom is -0.493 e. The smallest absolute Gasteiger partial charge is 0.233 e. The maximum absolute atomic E-state index is 12.6. The Kier molecular flexibility index (Phi) is 6.75. The summed E-state index contributed by atoms with van der Waals surface area (Å²) in [5.74, 6) is 1.84. The van der Waals surface area contributed by atoms with Crippen LogP contribution in [0.15, 0.2) is 23.2 Å². The van der Waals surface area contributed by atoms with E-state index in [9.17, 15) is 4.79 Å². The molecule has 1 heterocycles. The molecule has 5 nitrogen and oxygen atoms in total. The van der Waals surface area contributed by atoms with Gasteiger partial charge in [0, 0.05) is 23.5 Å². The lowest BCUT2D eigenvalue weighted by molar-refractivity contribution is -0.131. The first-order valence-corrected chi connectivity index (χ1v) is 9.74. The molecule has 0 radical (unpaired) electrons. The monoisotopic (exact) mass is 376 g/mol. The fourth-order valence-electron chi connectivity index (χ4n) is 3.11. The maximum Gasteiger partial charge on any atom is 0.233 e. The molecule has 0 aliphatic rings. The Morgan fingerprint density at radius 2 is 1.65 bits per heavy atom. The number of methoxy groups -OCH3 is 2. The minimum absolute atomic E-state index is 0.133. The topological polar surface area (TPSA) is 51.7 Å². The van der Waals surface area contributed by atoms with Gasteiger partial charge in [0.05, 0.1) is 25.5 Å². The number of carbonyl (C=O) groups is 1. The van der Waals surface area contributed by atoms with Crippen LogP contribution in [-0.4, -0.2) is 47.8 Å². The van der Waals surface area contributed by atoms with Crippen molar-refractivity contribution >= 4 is 28.6 Å². The molecule has 0 atom stereocenters. The third-order valence-corrected chi connectivity index (χ3v) is 5.28. The average Bonchev–Trinajstić information content (AvgIpc) is 2.58. The first-order valence-electron chi connectivity index (χ1n) is 8.75. The van der Waals surface area contributed by atoms with Gasteiger partial charge in [-0.2, -0.15) is 0 Å². The van der Waals surface area contributed by atoms with Crippen LogP contribution in [0.4, 0.5) is 0 Å². The Morgan fingerprint density at radius 3 is 2.19 bits per heavy atom. The van der Waals surface area contributed by atoms with Crippen molar-refractivity contribution in [2.75, 3.05) is 20.0 Å². The summed E-state index contributed by atoms with van der Waals surface area (Å²) in [5, 5.41) is 1.85. The minimum atomic E-state index is 0.133. The van der Waals surface area contributed by atoms with Crippen LogP contribution in [0, 0.1) is 6.92 Å². The number of aryl methyl sites for hydroxylation is 1. The fourth-order valence-corrected chi connectivity index (χ4v) is 3.97. The molecule has 2 rings (SSSR count). The molecule has 0 saturated heterocycles. The average molecular weight is 377 g/mol. The normalized spacial score (nSPS) is 11.3. The lowest BCUT2D eigenvalue weighted by Gasteiger charge is -2.30. The Labute approximate surface area is 160 Å². The molecule has 1 amide bonds. The van der Waals surface area contributed by atoms with Gasteiger partial charge in [-0.05, 0) is 52.3 Å².